The van der Waals surface area contributed by atoms with Gasteiger partial charge in [0, 0.05) is 22.7 Å². The van der Waals surface area contributed by atoms with Gasteiger partial charge in [-0.25, -0.2) is 5.43 Å². The minimum absolute atomic E-state index is 0.120. The van der Waals surface area contributed by atoms with Crippen LogP contribution in [0.2, 0.25) is 10.0 Å². The summed E-state index contributed by atoms with van der Waals surface area (Å²) in [6.45, 7) is 4.37. The van der Waals surface area contributed by atoms with Crippen LogP contribution in [0.3, 0.4) is 0 Å². The van der Waals surface area contributed by atoms with Gasteiger partial charge in [-0.05, 0) is 44.2 Å². The third-order valence-corrected chi connectivity index (χ3v) is 6.19. The van der Waals surface area contributed by atoms with Crippen molar-refractivity contribution in [3.63, 3.8) is 0 Å². The Balaban J connectivity index is 1.68. The summed E-state index contributed by atoms with van der Waals surface area (Å²) >= 11 is 13.4. The second-order valence-corrected chi connectivity index (χ2v) is 8.55. The van der Waals surface area contributed by atoms with Crippen LogP contribution < -0.4 is 14.9 Å². The van der Waals surface area contributed by atoms with Crippen LogP contribution in [0.4, 0.5) is 0 Å². The fourth-order valence-corrected chi connectivity index (χ4v) is 4.36. The highest BCUT2D eigenvalue weighted by molar-refractivity contribution is 7.99. The Kier molecular flexibility index (Phi) is 8.60. The third-order valence-electron chi connectivity index (χ3n) is 4.68. The number of hydrazone groups is 1. The van der Waals surface area contributed by atoms with Gasteiger partial charge < -0.3 is 14.0 Å². The molecule has 3 aromatic rings. The van der Waals surface area contributed by atoms with Crippen LogP contribution in [0.5, 0.6) is 11.5 Å². The van der Waals surface area contributed by atoms with Crippen molar-refractivity contribution in [3.8, 4) is 22.9 Å². The molecular weight excluding hydrogens is 485 g/mol. The molecule has 0 bridgehead atoms. The molecule has 174 valence electrons. The van der Waals surface area contributed by atoms with Crippen LogP contribution in [0.25, 0.3) is 11.4 Å². The summed E-state index contributed by atoms with van der Waals surface area (Å²) in [7, 11) is 3.17. The van der Waals surface area contributed by atoms with Gasteiger partial charge in [-0.2, -0.15) is 5.10 Å². The molecule has 11 heteroatoms. The van der Waals surface area contributed by atoms with Gasteiger partial charge >= 0.3 is 0 Å². The topological polar surface area (TPSA) is 90.6 Å². The highest BCUT2D eigenvalue weighted by atomic mass is 35.5. The van der Waals surface area contributed by atoms with Gasteiger partial charge in [0.1, 0.15) is 0 Å². The first-order valence-corrected chi connectivity index (χ1v) is 11.7. The molecule has 1 heterocycles. The first-order chi connectivity index (χ1) is 15.9. The van der Waals surface area contributed by atoms with Gasteiger partial charge in [0.15, 0.2) is 22.5 Å². The first kappa shape index (κ1) is 24.9. The lowest BCUT2D eigenvalue weighted by Gasteiger charge is -2.11. The Bertz CT molecular complexity index is 1180. The SMILES string of the molecule is CCn1c(SCC(=O)NN=C(C)c2ccc(Cl)cc2Cl)nnc1-c1ccc(OC)c(OC)c1. The van der Waals surface area contributed by atoms with Crippen molar-refractivity contribution in [1.29, 1.82) is 0 Å². The van der Waals surface area contributed by atoms with Crippen molar-refractivity contribution in [1.82, 2.24) is 20.2 Å². The molecule has 0 unspecified atom stereocenters. The number of carbonyl (C=O) groups excluding carboxylic acids is 1. The van der Waals surface area contributed by atoms with E-state index in [0.717, 1.165) is 5.56 Å². The summed E-state index contributed by atoms with van der Waals surface area (Å²) in [5.41, 5.74) is 4.64. The van der Waals surface area contributed by atoms with Gasteiger partial charge in [0.2, 0.25) is 0 Å². The summed E-state index contributed by atoms with van der Waals surface area (Å²) in [5.74, 6) is 1.75. The average molecular weight is 508 g/mol. The van der Waals surface area contributed by atoms with Crippen LogP contribution >= 0.6 is 35.0 Å². The molecule has 3 rings (SSSR count). The first-order valence-electron chi connectivity index (χ1n) is 9.94. The van der Waals surface area contributed by atoms with Crippen LogP contribution in [0, 0.1) is 0 Å². The normalized spacial score (nSPS) is 11.4. The van der Waals surface area contributed by atoms with Crippen LogP contribution in [0.1, 0.15) is 19.4 Å². The minimum atomic E-state index is -0.275. The van der Waals surface area contributed by atoms with Crippen molar-refractivity contribution >= 4 is 46.6 Å². The number of nitrogens with zero attached hydrogens (tertiary/aromatic N) is 4. The molecule has 1 amide bonds. The highest BCUT2D eigenvalue weighted by Crippen LogP contribution is 2.32. The van der Waals surface area contributed by atoms with E-state index in [1.54, 1.807) is 39.3 Å². The summed E-state index contributed by atoms with van der Waals surface area (Å²) in [4.78, 5) is 12.3. The molecule has 1 aromatic heterocycles. The molecular formula is C22H23Cl2N5O3S. The van der Waals surface area contributed by atoms with Crippen molar-refractivity contribution in [2.24, 2.45) is 5.10 Å². The van der Waals surface area contributed by atoms with Crippen molar-refractivity contribution in [2.45, 2.75) is 25.5 Å². The van der Waals surface area contributed by atoms with Crippen molar-refractivity contribution in [2.75, 3.05) is 20.0 Å². The largest absolute Gasteiger partial charge is 0.493 e. The number of hydrogen-bond acceptors (Lipinski definition) is 7. The monoisotopic (exact) mass is 507 g/mol. The molecule has 0 atom stereocenters. The molecule has 0 aliphatic carbocycles. The lowest BCUT2D eigenvalue weighted by atomic mass is 10.1. The van der Waals surface area contributed by atoms with Crippen LogP contribution in [-0.4, -0.2) is 46.4 Å². The van der Waals surface area contributed by atoms with E-state index in [2.05, 4.69) is 20.7 Å². The lowest BCUT2D eigenvalue weighted by molar-refractivity contribution is -0.118. The number of methoxy groups -OCH3 is 2. The van der Waals surface area contributed by atoms with Gasteiger partial charge in [-0.3, -0.25) is 4.79 Å². The Morgan fingerprint density at radius 3 is 2.55 bits per heavy atom. The number of benzene rings is 2. The van der Waals surface area contributed by atoms with E-state index in [1.807, 2.05) is 29.7 Å². The maximum atomic E-state index is 12.3. The molecule has 0 saturated heterocycles. The van der Waals surface area contributed by atoms with E-state index < -0.39 is 0 Å². The molecule has 33 heavy (non-hydrogen) atoms. The predicted octanol–water partition coefficient (Wildman–Crippen LogP) is 4.92. The van der Waals surface area contributed by atoms with Gasteiger partial charge in [0.25, 0.3) is 5.91 Å². The summed E-state index contributed by atoms with van der Waals surface area (Å²) in [6.07, 6.45) is 0. The molecule has 0 fully saturated rings. The standard InChI is InChI=1S/C22H23Cl2N5O3S/c1-5-29-21(14-6-9-18(31-3)19(10-14)32-4)27-28-22(29)33-12-20(30)26-25-13(2)16-8-7-15(23)11-17(16)24/h6-11H,5,12H2,1-4H3,(H,26,30). The molecule has 1 N–H and O–H groups in total. The summed E-state index contributed by atoms with van der Waals surface area (Å²) in [6, 6.07) is 10.6. The Labute approximate surface area is 206 Å². The van der Waals surface area contributed by atoms with Crippen LogP contribution in [0.15, 0.2) is 46.7 Å². The average Bonchev–Trinajstić information content (AvgIpc) is 3.23. The second kappa shape index (κ2) is 11.4. The molecule has 8 nitrogen and oxygen atoms in total. The molecule has 0 saturated carbocycles. The predicted molar refractivity (Wildman–Crippen MR) is 132 cm³/mol. The number of halogens is 2. The van der Waals surface area contributed by atoms with E-state index in [1.165, 1.54) is 11.8 Å². The van der Waals surface area contributed by atoms with E-state index in [-0.39, 0.29) is 11.7 Å². The zero-order chi connectivity index (χ0) is 24.0. The Morgan fingerprint density at radius 2 is 1.88 bits per heavy atom. The number of hydrogen-bond donors (Lipinski definition) is 1. The van der Waals surface area contributed by atoms with Gasteiger partial charge in [-0.1, -0.05) is 41.0 Å². The second-order valence-electron chi connectivity index (χ2n) is 6.77. The van der Waals surface area contributed by atoms with Crippen molar-refractivity contribution in [3.05, 3.63) is 52.0 Å². The lowest BCUT2D eigenvalue weighted by Crippen LogP contribution is -2.21. The van der Waals surface area contributed by atoms with Crippen LogP contribution in [-0.2, 0) is 11.3 Å². The van der Waals surface area contributed by atoms with Crippen molar-refractivity contribution < 1.29 is 14.3 Å². The maximum Gasteiger partial charge on any atom is 0.250 e. The molecule has 0 spiro atoms. The summed E-state index contributed by atoms with van der Waals surface area (Å²) < 4.78 is 12.6. The number of nitrogens with one attached hydrogen (secondary N) is 1. The number of aromatic nitrogens is 3. The fourth-order valence-electron chi connectivity index (χ4n) is 3.02. The highest BCUT2D eigenvalue weighted by Gasteiger charge is 2.16. The van der Waals surface area contributed by atoms with E-state index in [0.29, 0.717) is 50.3 Å². The molecule has 2 aromatic carbocycles. The molecule has 0 aliphatic rings. The van der Waals surface area contributed by atoms with E-state index >= 15 is 0 Å². The number of thioether (sulfide) groups is 1. The van der Waals surface area contributed by atoms with E-state index in [4.69, 9.17) is 32.7 Å². The summed E-state index contributed by atoms with van der Waals surface area (Å²) in [5, 5.41) is 14.3. The molecule has 0 radical (unpaired) electrons. The number of ether oxygens (including phenoxy) is 2. The van der Waals surface area contributed by atoms with E-state index in [9.17, 15) is 4.79 Å². The maximum absolute atomic E-state index is 12.3. The number of rotatable bonds is 9. The number of carbonyl (C=O) groups is 1. The third kappa shape index (κ3) is 5.98. The zero-order valence-electron chi connectivity index (χ0n) is 18.6. The minimum Gasteiger partial charge on any atom is -0.493 e. The van der Waals surface area contributed by atoms with Gasteiger partial charge in [-0.15, -0.1) is 10.2 Å². The number of amides is 1. The zero-order valence-corrected chi connectivity index (χ0v) is 20.9. The Morgan fingerprint density at radius 1 is 1.12 bits per heavy atom. The van der Waals surface area contributed by atoms with Gasteiger partial charge in [0.05, 0.1) is 30.7 Å². The molecule has 0 aliphatic heterocycles. The fraction of sp³-hybridized carbons (Fsp3) is 0.273. The quantitative estimate of drug-likeness (QED) is 0.251. The smallest absolute Gasteiger partial charge is 0.250 e. The Hall–Kier alpha value is -2.75.